The van der Waals surface area contributed by atoms with Crippen molar-refractivity contribution in [3.05, 3.63) is 29.8 Å². The lowest BCUT2D eigenvalue weighted by Gasteiger charge is -2.03. The third kappa shape index (κ3) is 3.76. The number of hydrogen-bond acceptors (Lipinski definition) is 2. The van der Waals surface area contributed by atoms with Crippen LogP contribution < -0.4 is 5.32 Å². The minimum atomic E-state index is -0.778. The molecule has 1 aliphatic rings. The third-order valence-electron chi connectivity index (χ3n) is 2.49. The molecule has 0 amide bonds. The van der Waals surface area contributed by atoms with Crippen LogP contribution in [0, 0.1) is 11.6 Å². The SMILES string of the molecule is Fc1ccc(SCCCNC2CC2)cc1F. The molecule has 1 aliphatic carbocycles. The van der Waals surface area contributed by atoms with E-state index in [1.54, 1.807) is 17.8 Å². The van der Waals surface area contributed by atoms with E-state index in [1.807, 2.05) is 0 Å². The van der Waals surface area contributed by atoms with Gasteiger partial charge in [0.05, 0.1) is 0 Å². The largest absolute Gasteiger partial charge is 0.314 e. The van der Waals surface area contributed by atoms with E-state index in [0.717, 1.165) is 29.7 Å². The molecule has 0 unspecified atom stereocenters. The zero-order valence-corrected chi connectivity index (χ0v) is 9.83. The minimum Gasteiger partial charge on any atom is -0.314 e. The van der Waals surface area contributed by atoms with Gasteiger partial charge in [-0.3, -0.25) is 0 Å². The standard InChI is InChI=1S/C12H15F2NS/c13-11-5-4-10(8-12(11)14)16-7-1-6-15-9-2-3-9/h4-5,8-9,15H,1-3,6-7H2. The normalized spacial score (nSPS) is 15.4. The summed E-state index contributed by atoms with van der Waals surface area (Å²) in [6, 6.07) is 4.81. The smallest absolute Gasteiger partial charge is 0.159 e. The second-order valence-corrected chi connectivity index (χ2v) is 5.17. The van der Waals surface area contributed by atoms with E-state index >= 15 is 0 Å². The molecule has 0 aromatic heterocycles. The molecule has 1 aromatic carbocycles. The van der Waals surface area contributed by atoms with E-state index in [2.05, 4.69) is 5.32 Å². The summed E-state index contributed by atoms with van der Waals surface area (Å²) in [5.74, 6) is -0.606. The van der Waals surface area contributed by atoms with Gasteiger partial charge in [-0.2, -0.15) is 0 Å². The second kappa shape index (κ2) is 5.64. The number of rotatable bonds is 6. The Morgan fingerprint density at radius 1 is 1.25 bits per heavy atom. The van der Waals surface area contributed by atoms with Crippen LogP contribution in [0.1, 0.15) is 19.3 Å². The van der Waals surface area contributed by atoms with Gasteiger partial charge in [0.25, 0.3) is 0 Å². The van der Waals surface area contributed by atoms with Crippen molar-refractivity contribution in [3.63, 3.8) is 0 Å². The third-order valence-corrected chi connectivity index (χ3v) is 3.57. The molecule has 1 fully saturated rings. The lowest BCUT2D eigenvalue weighted by atomic mass is 10.3. The highest BCUT2D eigenvalue weighted by atomic mass is 32.2. The molecule has 0 heterocycles. The number of halogens is 2. The molecule has 2 rings (SSSR count). The van der Waals surface area contributed by atoms with Gasteiger partial charge in [-0.15, -0.1) is 11.8 Å². The highest BCUT2D eigenvalue weighted by Crippen LogP contribution is 2.21. The quantitative estimate of drug-likeness (QED) is 0.608. The van der Waals surface area contributed by atoms with Gasteiger partial charge in [0.15, 0.2) is 11.6 Å². The molecule has 1 saturated carbocycles. The molecule has 1 aromatic rings. The monoisotopic (exact) mass is 243 g/mol. The number of thioether (sulfide) groups is 1. The summed E-state index contributed by atoms with van der Waals surface area (Å²) in [6.07, 6.45) is 3.66. The molecule has 0 saturated heterocycles. The average molecular weight is 243 g/mol. The van der Waals surface area contributed by atoms with E-state index in [-0.39, 0.29) is 0 Å². The summed E-state index contributed by atoms with van der Waals surface area (Å²) in [7, 11) is 0. The Kier molecular flexibility index (Phi) is 4.18. The predicted molar refractivity (Wildman–Crippen MR) is 62.7 cm³/mol. The summed E-state index contributed by atoms with van der Waals surface area (Å²) in [6.45, 7) is 1.02. The molecule has 0 radical (unpaired) electrons. The van der Waals surface area contributed by atoms with Crippen molar-refractivity contribution in [1.29, 1.82) is 0 Å². The topological polar surface area (TPSA) is 12.0 Å². The van der Waals surface area contributed by atoms with Gasteiger partial charge in [-0.05, 0) is 49.8 Å². The van der Waals surface area contributed by atoms with E-state index in [0.29, 0.717) is 0 Å². The van der Waals surface area contributed by atoms with Crippen molar-refractivity contribution in [2.24, 2.45) is 0 Å². The van der Waals surface area contributed by atoms with E-state index in [1.165, 1.54) is 25.0 Å². The Morgan fingerprint density at radius 2 is 2.06 bits per heavy atom. The Bertz CT molecular complexity index is 353. The van der Waals surface area contributed by atoms with Crippen LogP contribution in [-0.2, 0) is 0 Å². The summed E-state index contributed by atoms with van der Waals surface area (Å²) >= 11 is 1.57. The van der Waals surface area contributed by atoms with E-state index in [9.17, 15) is 8.78 Å². The average Bonchev–Trinajstić information content (AvgIpc) is 3.07. The fourth-order valence-electron chi connectivity index (χ4n) is 1.42. The highest BCUT2D eigenvalue weighted by molar-refractivity contribution is 7.99. The molecule has 0 atom stereocenters. The molecular weight excluding hydrogens is 228 g/mol. The van der Waals surface area contributed by atoms with E-state index < -0.39 is 11.6 Å². The Hall–Kier alpha value is -0.610. The molecule has 1 nitrogen and oxygen atoms in total. The van der Waals surface area contributed by atoms with Crippen molar-refractivity contribution in [2.45, 2.75) is 30.2 Å². The molecule has 0 spiro atoms. The van der Waals surface area contributed by atoms with Crippen molar-refractivity contribution in [3.8, 4) is 0 Å². The molecule has 0 aliphatic heterocycles. The predicted octanol–water partition coefficient (Wildman–Crippen LogP) is 3.20. The summed E-state index contributed by atoms with van der Waals surface area (Å²) in [5, 5.41) is 3.42. The molecule has 16 heavy (non-hydrogen) atoms. The fraction of sp³-hybridized carbons (Fsp3) is 0.500. The first-order chi connectivity index (χ1) is 7.75. The zero-order chi connectivity index (χ0) is 11.4. The second-order valence-electron chi connectivity index (χ2n) is 4.01. The van der Waals surface area contributed by atoms with Gasteiger partial charge in [0.2, 0.25) is 0 Å². The Morgan fingerprint density at radius 3 is 2.75 bits per heavy atom. The van der Waals surface area contributed by atoms with Crippen LogP contribution in [0.25, 0.3) is 0 Å². The minimum absolute atomic E-state index is 0.744. The van der Waals surface area contributed by atoms with Crippen molar-refractivity contribution in [2.75, 3.05) is 12.3 Å². The summed E-state index contributed by atoms with van der Waals surface area (Å²) < 4.78 is 25.5. The van der Waals surface area contributed by atoms with Crippen LogP contribution in [0.15, 0.2) is 23.1 Å². The lowest BCUT2D eigenvalue weighted by molar-refractivity contribution is 0.506. The number of benzene rings is 1. The molecule has 1 N–H and O–H groups in total. The Balaban J connectivity index is 1.65. The van der Waals surface area contributed by atoms with Crippen LogP contribution >= 0.6 is 11.8 Å². The van der Waals surface area contributed by atoms with Crippen LogP contribution in [-0.4, -0.2) is 18.3 Å². The summed E-state index contributed by atoms with van der Waals surface area (Å²) in [5.41, 5.74) is 0. The first kappa shape index (κ1) is 11.9. The Labute approximate surface area is 98.6 Å². The first-order valence-corrected chi connectivity index (χ1v) is 6.55. The van der Waals surface area contributed by atoms with Crippen molar-refractivity contribution < 1.29 is 8.78 Å². The zero-order valence-electron chi connectivity index (χ0n) is 9.01. The van der Waals surface area contributed by atoms with E-state index in [4.69, 9.17) is 0 Å². The maximum absolute atomic E-state index is 12.9. The summed E-state index contributed by atoms with van der Waals surface area (Å²) in [4.78, 5) is 0.797. The van der Waals surface area contributed by atoms with Crippen molar-refractivity contribution in [1.82, 2.24) is 5.32 Å². The van der Waals surface area contributed by atoms with Crippen LogP contribution in [0.2, 0.25) is 0 Å². The van der Waals surface area contributed by atoms with Gasteiger partial charge in [-0.1, -0.05) is 0 Å². The lowest BCUT2D eigenvalue weighted by Crippen LogP contribution is -2.17. The van der Waals surface area contributed by atoms with Gasteiger partial charge >= 0.3 is 0 Å². The van der Waals surface area contributed by atoms with Gasteiger partial charge < -0.3 is 5.32 Å². The number of hydrogen-bond donors (Lipinski definition) is 1. The van der Waals surface area contributed by atoms with Crippen LogP contribution in [0.5, 0.6) is 0 Å². The molecule has 0 bridgehead atoms. The fourth-order valence-corrected chi connectivity index (χ4v) is 2.30. The van der Waals surface area contributed by atoms with Crippen LogP contribution in [0.4, 0.5) is 8.78 Å². The number of nitrogens with one attached hydrogen (secondary N) is 1. The molecular formula is C12H15F2NS. The maximum atomic E-state index is 12.9. The van der Waals surface area contributed by atoms with Gasteiger partial charge in [-0.25, -0.2) is 8.78 Å². The van der Waals surface area contributed by atoms with Crippen LogP contribution in [0.3, 0.4) is 0 Å². The first-order valence-electron chi connectivity index (χ1n) is 5.57. The molecule has 4 heteroatoms. The highest BCUT2D eigenvalue weighted by Gasteiger charge is 2.19. The van der Waals surface area contributed by atoms with Gasteiger partial charge in [0.1, 0.15) is 0 Å². The maximum Gasteiger partial charge on any atom is 0.159 e. The molecule has 88 valence electrons. The van der Waals surface area contributed by atoms with Crippen molar-refractivity contribution >= 4 is 11.8 Å². The van der Waals surface area contributed by atoms with Gasteiger partial charge in [0, 0.05) is 10.9 Å².